The molecule has 0 aromatic rings. The maximum atomic E-state index is 13.7. The van der Waals surface area contributed by atoms with Crippen molar-refractivity contribution in [2.45, 2.75) is 97.4 Å². The minimum absolute atomic E-state index is 0.0455. The maximum absolute atomic E-state index is 13.7. The van der Waals surface area contributed by atoms with E-state index in [-0.39, 0.29) is 31.4 Å². The predicted molar refractivity (Wildman–Crippen MR) is 153 cm³/mol. The monoisotopic (exact) mass is 656 g/mol. The summed E-state index contributed by atoms with van der Waals surface area (Å²) in [5.74, 6) is -3.09. The summed E-state index contributed by atoms with van der Waals surface area (Å²) in [6.07, 6.45) is 0.590. The molecule has 2 fully saturated rings. The van der Waals surface area contributed by atoms with Gasteiger partial charge in [-0.25, -0.2) is 0 Å². The Labute approximate surface area is 261 Å². The van der Waals surface area contributed by atoms with Crippen LogP contribution in [0.4, 0.5) is 17.6 Å². The molecule has 0 aliphatic carbocycles. The van der Waals surface area contributed by atoms with Crippen molar-refractivity contribution < 1.29 is 55.7 Å². The lowest BCUT2D eigenvalue weighted by molar-refractivity contribution is -0.165. The van der Waals surface area contributed by atoms with E-state index in [2.05, 4.69) is 20.1 Å². The van der Waals surface area contributed by atoms with Gasteiger partial charge in [0, 0.05) is 19.1 Å². The summed E-state index contributed by atoms with van der Waals surface area (Å²) in [5, 5.41) is 4.80. The number of ether oxygens (including phenoxy) is 4. The molecule has 0 saturated carbocycles. The number of hydrogen-bond donors (Lipinski definition) is 2. The summed E-state index contributed by atoms with van der Waals surface area (Å²) in [4.78, 5) is 56.7. The fourth-order valence-corrected chi connectivity index (χ4v) is 5.22. The second kappa shape index (κ2) is 18.1. The van der Waals surface area contributed by atoms with Crippen LogP contribution < -0.4 is 10.6 Å². The van der Waals surface area contributed by atoms with E-state index < -0.39 is 79.7 Å². The zero-order valence-corrected chi connectivity index (χ0v) is 26.9. The van der Waals surface area contributed by atoms with Crippen molar-refractivity contribution in [2.75, 3.05) is 52.7 Å². The third-order valence-electron chi connectivity index (χ3n) is 7.52. The van der Waals surface area contributed by atoms with Crippen LogP contribution in [0.5, 0.6) is 0 Å². The lowest BCUT2D eigenvalue weighted by Crippen LogP contribution is -2.62. The smallest absolute Gasteiger partial charge is 0.345 e. The van der Waals surface area contributed by atoms with Crippen LogP contribution in [0.1, 0.15) is 54.4 Å². The van der Waals surface area contributed by atoms with E-state index in [0.29, 0.717) is 32.7 Å². The van der Waals surface area contributed by atoms with Crippen LogP contribution in [-0.2, 0) is 38.1 Å². The molecule has 2 heterocycles. The molecule has 3 amide bonds. The molecular formula is C29H48F4N4O8. The number of nitrogens with one attached hydrogen (secondary N) is 2. The molecule has 0 spiro atoms. The Balaban J connectivity index is 2.37. The number of nitrogens with zero attached hydrogens (tertiary/aromatic N) is 2. The minimum Gasteiger partial charge on any atom is -0.379 e. The topological polar surface area (TPSA) is 139 Å². The summed E-state index contributed by atoms with van der Waals surface area (Å²) in [5.41, 5.74) is -1.10. The van der Waals surface area contributed by atoms with E-state index in [0.717, 1.165) is 4.90 Å². The van der Waals surface area contributed by atoms with E-state index in [9.17, 15) is 36.7 Å². The molecule has 0 radical (unpaired) electrons. The highest BCUT2D eigenvalue weighted by atomic mass is 19.3. The average molecular weight is 657 g/mol. The highest BCUT2D eigenvalue weighted by Crippen LogP contribution is 2.29. The van der Waals surface area contributed by atoms with Gasteiger partial charge in [0.2, 0.25) is 17.7 Å². The van der Waals surface area contributed by atoms with Gasteiger partial charge in [-0.3, -0.25) is 24.1 Å². The number of morpholine rings is 1. The maximum Gasteiger partial charge on any atom is 0.345 e. The highest BCUT2D eigenvalue weighted by molar-refractivity contribution is 5.98. The third-order valence-corrected chi connectivity index (χ3v) is 7.52. The van der Waals surface area contributed by atoms with Gasteiger partial charge in [0.25, 0.3) is 0 Å². The van der Waals surface area contributed by atoms with Crippen LogP contribution in [0.3, 0.4) is 0 Å². The molecule has 260 valence electrons. The van der Waals surface area contributed by atoms with Gasteiger partial charge in [-0.2, -0.15) is 17.6 Å². The molecule has 2 N–H and O–H groups in total. The Morgan fingerprint density at radius 3 is 1.89 bits per heavy atom. The molecule has 1 unspecified atom stereocenters. The van der Waals surface area contributed by atoms with Gasteiger partial charge < -0.3 is 34.5 Å². The van der Waals surface area contributed by atoms with Crippen LogP contribution in [0.25, 0.3) is 0 Å². The number of carbonyl (C=O) groups is 4. The summed E-state index contributed by atoms with van der Waals surface area (Å²) in [6.45, 7) is 3.76. The van der Waals surface area contributed by atoms with Gasteiger partial charge in [0.15, 0.2) is 5.78 Å². The van der Waals surface area contributed by atoms with Gasteiger partial charge in [0.05, 0.1) is 45.6 Å². The number of alkyl halides is 4. The van der Waals surface area contributed by atoms with Crippen molar-refractivity contribution in [1.29, 1.82) is 0 Å². The molecular weight excluding hydrogens is 608 g/mol. The van der Waals surface area contributed by atoms with Crippen molar-refractivity contribution in [1.82, 2.24) is 20.4 Å². The van der Waals surface area contributed by atoms with Gasteiger partial charge in [-0.15, -0.1) is 0 Å². The molecule has 5 atom stereocenters. The number of hydrogen-bond acceptors (Lipinski definition) is 9. The van der Waals surface area contributed by atoms with Gasteiger partial charge in [-0.1, -0.05) is 27.7 Å². The molecule has 0 bridgehead atoms. The van der Waals surface area contributed by atoms with Crippen molar-refractivity contribution in [3.63, 3.8) is 0 Å². The van der Waals surface area contributed by atoms with Gasteiger partial charge in [-0.05, 0) is 38.5 Å². The van der Waals surface area contributed by atoms with Gasteiger partial charge in [0.1, 0.15) is 17.7 Å². The number of amides is 3. The summed E-state index contributed by atoms with van der Waals surface area (Å²) in [7, 11) is 0. The largest absolute Gasteiger partial charge is 0.379 e. The van der Waals surface area contributed by atoms with Crippen LogP contribution in [0.2, 0.25) is 0 Å². The number of rotatable bonds is 20. The Kier molecular flexibility index (Phi) is 15.6. The first-order valence-corrected chi connectivity index (χ1v) is 15.2. The SMILES string of the molecule is CC(C)CC(C)N(C(=O)CN1CCOCC1)[C@@H](COC(F)F)C(=O)N[C@@H](COC(F)F)C(=O)N[C@@H](CC(C)C)C(=O)[C@@]1(C)CO1. The van der Waals surface area contributed by atoms with Crippen molar-refractivity contribution in [3.05, 3.63) is 0 Å². The van der Waals surface area contributed by atoms with Crippen molar-refractivity contribution >= 4 is 23.5 Å². The Bertz CT molecular complexity index is 980. The molecule has 2 aliphatic rings. The Hall–Kier alpha value is -2.40. The van der Waals surface area contributed by atoms with Crippen molar-refractivity contribution in [2.24, 2.45) is 11.8 Å². The molecule has 16 heteroatoms. The van der Waals surface area contributed by atoms with Crippen LogP contribution in [0.15, 0.2) is 0 Å². The van der Waals surface area contributed by atoms with Crippen LogP contribution >= 0.6 is 0 Å². The molecule has 0 aromatic heterocycles. The Morgan fingerprint density at radius 1 is 0.844 bits per heavy atom. The lowest BCUT2D eigenvalue weighted by atomic mass is 9.93. The normalized spacial score (nSPS) is 21.5. The first-order valence-electron chi connectivity index (χ1n) is 15.2. The highest BCUT2D eigenvalue weighted by Gasteiger charge is 2.50. The predicted octanol–water partition coefficient (Wildman–Crippen LogP) is 1.80. The summed E-state index contributed by atoms with van der Waals surface area (Å²) >= 11 is 0. The zero-order chi connectivity index (χ0) is 33.9. The summed E-state index contributed by atoms with van der Waals surface area (Å²) in [6, 6.07) is -5.12. The van der Waals surface area contributed by atoms with Crippen LogP contribution in [-0.4, -0.2) is 129 Å². The fraction of sp³-hybridized carbons (Fsp3) is 0.862. The minimum atomic E-state index is -3.31. The molecule has 45 heavy (non-hydrogen) atoms. The number of carbonyl (C=O) groups excluding carboxylic acids is 4. The number of halogens is 4. The Morgan fingerprint density at radius 2 is 1.38 bits per heavy atom. The number of epoxide rings is 1. The quantitative estimate of drug-likeness (QED) is 0.148. The number of Topliss-reactive ketones (excluding diaryl/α,β-unsaturated/α-hetero) is 1. The molecule has 2 saturated heterocycles. The standard InChI is InChI=1S/C29H48F4N4O8/c1-17(2)11-19(5)37(23(38)13-36-7-9-42-10-8-36)22(15-44-28(32)33)26(41)35-21(14-43-27(30)31)25(40)34-20(12-18(3)4)24(39)29(6)16-45-29/h17-22,27-28H,7-16H2,1-6H3,(H,34,40)(H,35,41)/t19?,20-,21-,22-,29+/m0/s1. The second-order valence-electron chi connectivity index (χ2n) is 12.5. The molecule has 2 aliphatic heterocycles. The number of ketones is 1. The third kappa shape index (κ3) is 13.1. The molecule has 12 nitrogen and oxygen atoms in total. The molecule has 0 aromatic carbocycles. The van der Waals surface area contributed by atoms with Crippen LogP contribution in [0, 0.1) is 11.8 Å². The van der Waals surface area contributed by atoms with E-state index in [1.54, 1.807) is 18.7 Å². The summed E-state index contributed by atoms with van der Waals surface area (Å²) < 4.78 is 72.0. The van der Waals surface area contributed by atoms with E-state index >= 15 is 0 Å². The average Bonchev–Trinajstić information content (AvgIpc) is 3.69. The lowest BCUT2D eigenvalue weighted by Gasteiger charge is -2.38. The van der Waals surface area contributed by atoms with E-state index in [1.807, 2.05) is 27.7 Å². The second-order valence-corrected chi connectivity index (χ2v) is 12.5. The fourth-order valence-electron chi connectivity index (χ4n) is 5.22. The first kappa shape index (κ1) is 38.8. The van der Waals surface area contributed by atoms with E-state index in [1.165, 1.54) is 0 Å². The van der Waals surface area contributed by atoms with Gasteiger partial charge >= 0.3 is 13.2 Å². The zero-order valence-electron chi connectivity index (χ0n) is 26.9. The first-order chi connectivity index (χ1) is 21.0. The molecule has 2 rings (SSSR count). The van der Waals surface area contributed by atoms with E-state index in [4.69, 9.17) is 9.47 Å². The van der Waals surface area contributed by atoms with Crippen molar-refractivity contribution in [3.8, 4) is 0 Å².